The minimum absolute atomic E-state index is 0.239. The number of piperidine rings is 1. The molecule has 1 aromatic carbocycles. The standard InChI is InChI=1S/C14H14Cl2N2O2S/c15-13-9-17-14(16)12-8-10(4-5-11(12)13)21(19,20)18-6-2-1-3-7-18/h4-5,8-9H,1-3,6-7H2. The van der Waals surface area contributed by atoms with Gasteiger partial charge in [0.15, 0.2) is 0 Å². The summed E-state index contributed by atoms with van der Waals surface area (Å²) in [6.07, 6.45) is 4.35. The largest absolute Gasteiger partial charge is 0.243 e. The highest BCUT2D eigenvalue weighted by molar-refractivity contribution is 7.89. The van der Waals surface area contributed by atoms with Crippen molar-refractivity contribution in [2.24, 2.45) is 0 Å². The van der Waals surface area contributed by atoms with Gasteiger partial charge >= 0.3 is 0 Å². The lowest BCUT2D eigenvalue weighted by atomic mass is 10.2. The normalized spacial score (nSPS) is 17.2. The van der Waals surface area contributed by atoms with E-state index in [9.17, 15) is 8.42 Å². The molecular weight excluding hydrogens is 331 g/mol. The molecule has 21 heavy (non-hydrogen) atoms. The lowest BCUT2D eigenvalue weighted by molar-refractivity contribution is 0.346. The Balaban J connectivity index is 2.10. The predicted molar refractivity (Wildman–Crippen MR) is 84.4 cm³/mol. The molecule has 1 aliphatic rings. The van der Waals surface area contributed by atoms with Crippen LogP contribution in [0.15, 0.2) is 29.3 Å². The third kappa shape index (κ3) is 2.75. The van der Waals surface area contributed by atoms with Crippen LogP contribution >= 0.6 is 23.2 Å². The van der Waals surface area contributed by atoms with Crippen LogP contribution in [0.5, 0.6) is 0 Å². The Bertz CT molecular complexity index is 787. The molecule has 2 heterocycles. The van der Waals surface area contributed by atoms with Crippen molar-refractivity contribution in [1.29, 1.82) is 0 Å². The van der Waals surface area contributed by atoms with Crippen molar-refractivity contribution in [3.63, 3.8) is 0 Å². The van der Waals surface area contributed by atoms with Crippen LogP contribution in [0.1, 0.15) is 19.3 Å². The molecule has 0 atom stereocenters. The summed E-state index contributed by atoms with van der Waals surface area (Å²) in [7, 11) is -3.48. The van der Waals surface area contributed by atoms with Crippen molar-refractivity contribution in [3.05, 3.63) is 34.6 Å². The maximum absolute atomic E-state index is 12.7. The molecule has 4 nitrogen and oxygen atoms in total. The van der Waals surface area contributed by atoms with Crippen molar-refractivity contribution < 1.29 is 8.42 Å². The summed E-state index contributed by atoms with van der Waals surface area (Å²) >= 11 is 12.1. The second-order valence-electron chi connectivity index (χ2n) is 5.07. The average molecular weight is 345 g/mol. The summed E-state index contributed by atoms with van der Waals surface area (Å²) < 4.78 is 26.8. The Morgan fingerprint density at radius 1 is 1.05 bits per heavy atom. The highest BCUT2D eigenvalue weighted by Crippen LogP contribution is 2.31. The van der Waals surface area contributed by atoms with E-state index in [1.165, 1.54) is 10.5 Å². The number of fused-ring (bicyclic) bond motifs is 1. The van der Waals surface area contributed by atoms with Crippen LogP contribution in [-0.4, -0.2) is 30.8 Å². The molecule has 0 amide bonds. The summed E-state index contributed by atoms with van der Waals surface area (Å²) in [5, 5.41) is 1.97. The van der Waals surface area contributed by atoms with Crippen LogP contribution in [0.25, 0.3) is 10.8 Å². The third-order valence-corrected chi connectivity index (χ3v) is 6.21. The zero-order valence-electron chi connectivity index (χ0n) is 11.2. The van der Waals surface area contributed by atoms with Crippen LogP contribution in [-0.2, 0) is 10.0 Å². The van der Waals surface area contributed by atoms with E-state index >= 15 is 0 Å². The van der Waals surface area contributed by atoms with Gasteiger partial charge in [-0.15, -0.1) is 0 Å². The summed E-state index contributed by atoms with van der Waals surface area (Å²) in [4.78, 5) is 4.21. The van der Waals surface area contributed by atoms with Gasteiger partial charge in [0, 0.05) is 30.1 Å². The molecule has 0 N–H and O–H groups in total. The van der Waals surface area contributed by atoms with Gasteiger partial charge in [0.05, 0.1) is 9.92 Å². The van der Waals surface area contributed by atoms with Gasteiger partial charge in [0.2, 0.25) is 10.0 Å². The molecule has 1 aromatic heterocycles. The fraction of sp³-hybridized carbons (Fsp3) is 0.357. The Labute approximate surface area is 133 Å². The fourth-order valence-corrected chi connectivity index (χ4v) is 4.53. The van der Waals surface area contributed by atoms with Gasteiger partial charge < -0.3 is 0 Å². The number of benzene rings is 1. The van der Waals surface area contributed by atoms with Crippen molar-refractivity contribution in [2.45, 2.75) is 24.2 Å². The first kappa shape index (κ1) is 15.0. The number of sulfonamides is 1. The van der Waals surface area contributed by atoms with Crippen molar-refractivity contribution in [3.8, 4) is 0 Å². The molecule has 1 saturated heterocycles. The van der Waals surface area contributed by atoms with E-state index in [4.69, 9.17) is 23.2 Å². The monoisotopic (exact) mass is 344 g/mol. The van der Waals surface area contributed by atoms with Gasteiger partial charge in [-0.2, -0.15) is 4.31 Å². The topological polar surface area (TPSA) is 50.3 Å². The lowest BCUT2D eigenvalue weighted by Crippen LogP contribution is -2.35. The molecule has 3 rings (SSSR count). The minimum Gasteiger partial charge on any atom is -0.242 e. The molecule has 2 aromatic rings. The van der Waals surface area contributed by atoms with Gasteiger partial charge in [0.25, 0.3) is 0 Å². The van der Waals surface area contributed by atoms with Gasteiger partial charge in [0.1, 0.15) is 5.15 Å². The maximum atomic E-state index is 12.7. The highest BCUT2D eigenvalue weighted by atomic mass is 35.5. The van der Waals surface area contributed by atoms with Crippen LogP contribution < -0.4 is 0 Å². The van der Waals surface area contributed by atoms with E-state index < -0.39 is 10.0 Å². The average Bonchev–Trinajstić information content (AvgIpc) is 2.51. The zero-order valence-corrected chi connectivity index (χ0v) is 13.5. The maximum Gasteiger partial charge on any atom is 0.243 e. The quantitative estimate of drug-likeness (QED) is 0.780. The van der Waals surface area contributed by atoms with E-state index in [0.717, 1.165) is 19.3 Å². The molecule has 0 aliphatic carbocycles. The number of halogens is 2. The van der Waals surface area contributed by atoms with Crippen molar-refractivity contribution >= 4 is 44.0 Å². The summed E-state index contributed by atoms with van der Waals surface area (Å²) in [6.45, 7) is 1.14. The molecule has 112 valence electrons. The number of nitrogens with zero attached hydrogens (tertiary/aromatic N) is 2. The van der Waals surface area contributed by atoms with Gasteiger partial charge in [-0.3, -0.25) is 0 Å². The first-order chi connectivity index (χ1) is 10.00. The SMILES string of the molecule is O=S(=O)(c1ccc2c(Cl)cnc(Cl)c2c1)N1CCCCC1. The van der Waals surface area contributed by atoms with Crippen LogP contribution in [0.3, 0.4) is 0 Å². The predicted octanol–water partition coefficient (Wildman–Crippen LogP) is 3.72. The van der Waals surface area contributed by atoms with Crippen LogP contribution in [0.4, 0.5) is 0 Å². The zero-order chi connectivity index (χ0) is 15.0. The summed E-state index contributed by atoms with van der Waals surface area (Å²) in [6, 6.07) is 4.82. The Kier molecular flexibility index (Phi) is 4.10. The van der Waals surface area contributed by atoms with E-state index in [1.807, 2.05) is 0 Å². The molecule has 0 unspecified atom stereocenters. The van der Waals surface area contributed by atoms with Crippen LogP contribution in [0.2, 0.25) is 10.2 Å². The lowest BCUT2D eigenvalue weighted by Gasteiger charge is -2.26. The Morgan fingerprint density at radius 2 is 1.76 bits per heavy atom. The summed E-state index contributed by atoms with van der Waals surface area (Å²) in [5.74, 6) is 0. The molecular formula is C14H14Cl2N2O2S. The summed E-state index contributed by atoms with van der Waals surface area (Å²) in [5.41, 5.74) is 0. The highest BCUT2D eigenvalue weighted by Gasteiger charge is 2.26. The smallest absolute Gasteiger partial charge is 0.242 e. The number of aromatic nitrogens is 1. The molecule has 1 fully saturated rings. The first-order valence-corrected chi connectivity index (χ1v) is 8.93. The third-order valence-electron chi connectivity index (χ3n) is 3.71. The molecule has 0 bridgehead atoms. The number of pyridine rings is 1. The van der Waals surface area contributed by atoms with Crippen molar-refractivity contribution in [1.82, 2.24) is 9.29 Å². The fourth-order valence-electron chi connectivity index (χ4n) is 2.57. The molecule has 0 radical (unpaired) electrons. The number of rotatable bonds is 2. The van der Waals surface area contributed by atoms with E-state index in [0.29, 0.717) is 28.9 Å². The van der Waals surface area contributed by atoms with Gasteiger partial charge in [-0.1, -0.05) is 35.7 Å². The number of hydrogen-bond acceptors (Lipinski definition) is 3. The molecule has 0 saturated carbocycles. The Morgan fingerprint density at radius 3 is 2.48 bits per heavy atom. The number of hydrogen-bond donors (Lipinski definition) is 0. The Hall–Kier alpha value is -0.880. The minimum atomic E-state index is -3.48. The molecule has 7 heteroatoms. The second-order valence-corrected chi connectivity index (χ2v) is 7.77. The van der Waals surface area contributed by atoms with Crippen molar-refractivity contribution in [2.75, 3.05) is 13.1 Å². The van der Waals surface area contributed by atoms with E-state index in [1.54, 1.807) is 18.2 Å². The molecule has 1 aliphatic heterocycles. The van der Waals surface area contributed by atoms with E-state index in [-0.39, 0.29) is 10.0 Å². The van der Waals surface area contributed by atoms with Crippen LogP contribution in [0, 0.1) is 0 Å². The second kappa shape index (κ2) is 5.72. The first-order valence-electron chi connectivity index (χ1n) is 6.74. The van der Waals surface area contributed by atoms with Gasteiger partial charge in [-0.25, -0.2) is 13.4 Å². The van der Waals surface area contributed by atoms with E-state index in [2.05, 4.69) is 4.98 Å². The van der Waals surface area contributed by atoms with Gasteiger partial charge in [-0.05, 0) is 25.0 Å². The molecule has 0 spiro atoms.